The number of nitrogens with zero attached hydrogens (tertiary/aromatic N) is 3. The lowest BCUT2D eigenvalue weighted by Crippen LogP contribution is -2.45. The predicted octanol–water partition coefficient (Wildman–Crippen LogP) is 1.73. The van der Waals surface area contributed by atoms with Gasteiger partial charge in [-0.2, -0.15) is 0 Å². The van der Waals surface area contributed by atoms with Crippen LogP contribution in [0.2, 0.25) is 0 Å². The van der Waals surface area contributed by atoms with E-state index < -0.39 is 0 Å². The maximum Gasteiger partial charge on any atom is 0.274 e. The summed E-state index contributed by atoms with van der Waals surface area (Å²) in [6.07, 6.45) is 2.44. The smallest absolute Gasteiger partial charge is 0.274 e. The van der Waals surface area contributed by atoms with E-state index in [0.717, 1.165) is 24.1 Å². The number of nitrogens with one attached hydrogen (secondary N) is 1. The number of aromatic nitrogens is 2. The average molecular weight is 382 g/mol. The molecule has 3 saturated heterocycles. The van der Waals surface area contributed by atoms with Crippen molar-refractivity contribution in [2.75, 3.05) is 20.1 Å². The fourth-order valence-corrected chi connectivity index (χ4v) is 4.46. The van der Waals surface area contributed by atoms with Gasteiger partial charge in [-0.3, -0.25) is 19.5 Å². The zero-order valence-electron chi connectivity index (χ0n) is 16.6. The molecule has 2 atom stereocenters. The number of rotatable bonds is 3. The number of likely N-dealkylation sites (N-methyl/N-ethyl adjacent to an activating group) is 1. The summed E-state index contributed by atoms with van der Waals surface area (Å²) in [5, 5.41) is 3.10. The lowest BCUT2D eigenvalue weighted by molar-refractivity contribution is -0.138. The molecule has 3 fully saturated rings. The average Bonchev–Trinajstić information content (AvgIpc) is 2.84. The first-order chi connectivity index (χ1) is 13.4. The number of carbonyl (C=O) groups is 2. The molecule has 2 aromatic rings. The quantitative estimate of drug-likeness (QED) is 0.878. The summed E-state index contributed by atoms with van der Waals surface area (Å²) in [5.41, 5.74) is 2.69. The molecule has 7 heteroatoms. The number of amides is 2. The van der Waals surface area contributed by atoms with Crippen LogP contribution in [0.25, 0.3) is 5.69 Å². The van der Waals surface area contributed by atoms with Crippen molar-refractivity contribution in [2.24, 2.45) is 5.92 Å². The second-order valence-electron chi connectivity index (χ2n) is 7.85. The first-order valence-electron chi connectivity index (χ1n) is 9.87. The molecular formula is C21H26N4O3. The van der Waals surface area contributed by atoms with Gasteiger partial charge in [0.2, 0.25) is 5.91 Å². The fraction of sp³-hybridized carbons (Fsp3) is 0.476. The Balaban J connectivity index is 1.64. The minimum Gasteiger partial charge on any atom is -0.341 e. The van der Waals surface area contributed by atoms with E-state index in [4.69, 9.17) is 0 Å². The van der Waals surface area contributed by atoms with Gasteiger partial charge in [0.05, 0.1) is 11.6 Å². The number of benzene rings is 1. The van der Waals surface area contributed by atoms with E-state index in [1.807, 2.05) is 27.0 Å². The minimum absolute atomic E-state index is 0.0790. The van der Waals surface area contributed by atoms with Crippen LogP contribution < -0.4 is 5.56 Å². The van der Waals surface area contributed by atoms with Gasteiger partial charge in [0.15, 0.2) is 0 Å². The van der Waals surface area contributed by atoms with Gasteiger partial charge >= 0.3 is 0 Å². The van der Waals surface area contributed by atoms with Crippen molar-refractivity contribution < 1.29 is 9.59 Å². The summed E-state index contributed by atoms with van der Waals surface area (Å²) >= 11 is 0. The van der Waals surface area contributed by atoms with Crippen LogP contribution in [0.3, 0.4) is 0 Å². The van der Waals surface area contributed by atoms with Gasteiger partial charge in [0, 0.05) is 43.0 Å². The Morgan fingerprint density at radius 1 is 1.21 bits per heavy atom. The van der Waals surface area contributed by atoms with E-state index in [0.29, 0.717) is 30.8 Å². The van der Waals surface area contributed by atoms with Crippen molar-refractivity contribution in [3.8, 4) is 5.69 Å². The van der Waals surface area contributed by atoms with E-state index in [1.54, 1.807) is 28.0 Å². The zero-order valence-corrected chi connectivity index (χ0v) is 16.6. The number of H-pyrrole nitrogens is 1. The highest BCUT2D eigenvalue weighted by Crippen LogP contribution is 2.28. The molecule has 3 aliphatic rings. The summed E-state index contributed by atoms with van der Waals surface area (Å²) in [6.45, 7) is 4.85. The fourth-order valence-electron chi connectivity index (χ4n) is 4.46. The molecule has 4 heterocycles. The van der Waals surface area contributed by atoms with Gasteiger partial charge in [-0.25, -0.2) is 4.68 Å². The Bertz CT molecular complexity index is 990. The van der Waals surface area contributed by atoms with Crippen molar-refractivity contribution in [2.45, 2.75) is 39.2 Å². The number of aromatic amines is 1. The summed E-state index contributed by atoms with van der Waals surface area (Å²) < 4.78 is 1.49. The lowest BCUT2D eigenvalue weighted by atomic mass is 9.95. The molecule has 1 aromatic heterocycles. The van der Waals surface area contributed by atoms with E-state index in [2.05, 4.69) is 5.10 Å². The highest BCUT2D eigenvalue weighted by atomic mass is 16.2. The SMILES string of the molecule is CCc1c(C)[nH]n(-c2cccc(C(=O)N3C[C@H]4CC[C@@H](C3)N(C)C4=O)c2)c1=O. The molecule has 0 spiro atoms. The summed E-state index contributed by atoms with van der Waals surface area (Å²) in [7, 11) is 1.83. The van der Waals surface area contributed by atoms with Crippen LogP contribution in [0.4, 0.5) is 0 Å². The minimum atomic E-state index is -0.114. The van der Waals surface area contributed by atoms with Crippen LogP contribution in [0.1, 0.15) is 41.4 Å². The third-order valence-electron chi connectivity index (χ3n) is 6.15. The van der Waals surface area contributed by atoms with Crippen LogP contribution in [0.5, 0.6) is 0 Å². The molecular weight excluding hydrogens is 356 g/mol. The highest BCUT2D eigenvalue weighted by molar-refractivity contribution is 5.95. The number of fused-ring (bicyclic) bond motifs is 4. The van der Waals surface area contributed by atoms with Crippen molar-refractivity contribution >= 4 is 11.8 Å². The Hall–Kier alpha value is -2.83. The highest BCUT2D eigenvalue weighted by Gasteiger charge is 2.40. The van der Waals surface area contributed by atoms with Crippen molar-refractivity contribution in [1.82, 2.24) is 19.6 Å². The Labute approximate surface area is 163 Å². The second-order valence-corrected chi connectivity index (χ2v) is 7.85. The summed E-state index contributed by atoms with van der Waals surface area (Å²) in [4.78, 5) is 41.8. The Morgan fingerprint density at radius 2 is 2.00 bits per heavy atom. The molecule has 5 rings (SSSR count). The first-order valence-corrected chi connectivity index (χ1v) is 9.87. The molecule has 2 amide bonds. The van der Waals surface area contributed by atoms with Crippen molar-refractivity contribution in [3.63, 3.8) is 0 Å². The molecule has 0 aliphatic carbocycles. The largest absolute Gasteiger partial charge is 0.341 e. The number of piperidine rings is 1. The number of aryl methyl sites for hydroxylation is 1. The molecule has 0 radical (unpaired) electrons. The van der Waals surface area contributed by atoms with Gasteiger partial charge in [-0.05, 0) is 44.4 Å². The monoisotopic (exact) mass is 382 g/mol. The zero-order chi connectivity index (χ0) is 20.0. The normalized spacial score (nSPS) is 21.9. The maximum absolute atomic E-state index is 13.2. The standard InChI is InChI=1S/C21H26N4O3/c1-4-18-13(2)22-25(21(18)28)16-7-5-6-14(10-16)20(27)24-11-15-8-9-17(12-24)23(3)19(15)26/h5-7,10,15,17,22H,4,8-9,11-12H2,1-3H3/t15-,17+/m1/s1. The molecule has 148 valence electrons. The Kier molecular flexibility index (Phi) is 4.61. The lowest BCUT2D eigenvalue weighted by Gasteiger charge is -2.32. The topological polar surface area (TPSA) is 78.4 Å². The molecule has 28 heavy (non-hydrogen) atoms. The van der Waals surface area contributed by atoms with Crippen LogP contribution in [0.15, 0.2) is 29.1 Å². The molecule has 2 bridgehead atoms. The molecule has 7 nitrogen and oxygen atoms in total. The molecule has 3 aliphatic heterocycles. The van der Waals surface area contributed by atoms with Gasteiger partial charge < -0.3 is 9.80 Å². The van der Waals surface area contributed by atoms with Gasteiger partial charge in [-0.15, -0.1) is 0 Å². The third-order valence-corrected chi connectivity index (χ3v) is 6.15. The predicted molar refractivity (Wildman–Crippen MR) is 106 cm³/mol. The van der Waals surface area contributed by atoms with E-state index >= 15 is 0 Å². The van der Waals surface area contributed by atoms with E-state index in [1.165, 1.54) is 4.68 Å². The number of hydrogen-bond acceptors (Lipinski definition) is 3. The van der Waals surface area contributed by atoms with Crippen LogP contribution in [-0.2, 0) is 11.2 Å². The molecule has 1 N–H and O–H groups in total. The van der Waals surface area contributed by atoms with Gasteiger partial charge in [-0.1, -0.05) is 13.0 Å². The maximum atomic E-state index is 13.2. The molecule has 0 saturated carbocycles. The molecule has 1 aromatic carbocycles. The molecule has 0 unspecified atom stereocenters. The van der Waals surface area contributed by atoms with Crippen molar-refractivity contribution in [1.29, 1.82) is 0 Å². The van der Waals surface area contributed by atoms with E-state index in [9.17, 15) is 14.4 Å². The van der Waals surface area contributed by atoms with Gasteiger partial charge in [0.1, 0.15) is 0 Å². The first kappa shape index (κ1) is 18.5. The van der Waals surface area contributed by atoms with Crippen LogP contribution >= 0.6 is 0 Å². The number of hydrogen-bond donors (Lipinski definition) is 1. The van der Waals surface area contributed by atoms with E-state index in [-0.39, 0.29) is 29.3 Å². The summed E-state index contributed by atoms with van der Waals surface area (Å²) in [6, 6.07) is 7.21. The van der Waals surface area contributed by atoms with Gasteiger partial charge in [0.25, 0.3) is 11.5 Å². The second kappa shape index (κ2) is 6.96. The van der Waals surface area contributed by atoms with Crippen LogP contribution in [-0.4, -0.2) is 57.6 Å². The third kappa shape index (κ3) is 2.95. The van der Waals surface area contributed by atoms with Crippen LogP contribution in [0, 0.1) is 12.8 Å². The number of carbonyl (C=O) groups excluding carboxylic acids is 2. The van der Waals surface area contributed by atoms with Crippen molar-refractivity contribution in [3.05, 3.63) is 51.4 Å². The Morgan fingerprint density at radius 3 is 2.71 bits per heavy atom. The summed E-state index contributed by atoms with van der Waals surface area (Å²) in [5.74, 6) is -0.0635.